The summed E-state index contributed by atoms with van der Waals surface area (Å²) in [6, 6.07) is 13.5. The molecule has 6 heteroatoms. The van der Waals surface area contributed by atoms with E-state index >= 15 is 0 Å². The summed E-state index contributed by atoms with van der Waals surface area (Å²) in [5.74, 6) is 1.55. The maximum atomic E-state index is 12.3. The van der Waals surface area contributed by atoms with Crippen molar-refractivity contribution in [2.45, 2.75) is 18.6 Å². The van der Waals surface area contributed by atoms with E-state index in [0.29, 0.717) is 13.2 Å². The fourth-order valence-corrected chi connectivity index (χ4v) is 2.97. The number of para-hydroxylation sites is 2. The fraction of sp³-hybridized carbons (Fsp3) is 0.368. The normalized spacial score (nSPS) is 23.8. The average Bonchev–Trinajstić information content (AvgIpc) is 3.45. The first kappa shape index (κ1) is 15.9. The molecule has 2 aliphatic heterocycles. The van der Waals surface area contributed by atoms with E-state index in [-0.39, 0.29) is 18.1 Å². The second-order valence-corrected chi connectivity index (χ2v) is 6.32. The molecule has 2 aromatic rings. The number of ether oxygens (including phenoxy) is 2. The third kappa shape index (κ3) is 3.91. The highest BCUT2D eigenvalue weighted by atomic mass is 16.6. The van der Waals surface area contributed by atoms with Gasteiger partial charge in [0.1, 0.15) is 18.8 Å². The lowest BCUT2D eigenvalue weighted by molar-refractivity contribution is -0.121. The number of carbonyl (C=O) groups excluding carboxylic acids is 1. The van der Waals surface area contributed by atoms with Crippen LogP contribution in [0.3, 0.4) is 0 Å². The summed E-state index contributed by atoms with van der Waals surface area (Å²) in [4.78, 5) is 18.7. The lowest BCUT2D eigenvalue weighted by atomic mass is 10.2. The van der Waals surface area contributed by atoms with E-state index in [1.165, 1.54) is 0 Å². The number of hydrogen-bond donors (Lipinski definition) is 1. The molecule has 4 rings (SSSR count). The van der Waals surface area contributed by atoms with Gasteiger partial charge in [0.05, 0.1) is 6.54 Å². The summed E-state index contributed by atoms with van der Waals surface area (Å²) in [6.07, 6.45) is 2.51. The number of hydrogen-bond acceptors (Lipinski definition) is 5. The number of benzene rings is 1. The zero-order valence-electron chi connectivity index (χ0n) is 13.9. The highest BCUT2D eigenvalue weighted by Crippen LogP contribution is 2.30. The van der Waals surface area contributed by atoms with Crippen molar-refractivity contribution in [1.82, 2.24) is 15.2 Å². The van der Waals surface area contributed by atoms with E-state index < -0.39 is 0 Å². The molecule has 2 aliphatic rings. The smallest absolute Gasteiger partial charge is 0.238 e. The molecule has 1 N–H and O–H groups in total. The van der Waals surface area contributed by atoms with Crippen LogP contribution in [-0.4, -0.2) is 54.2 Å². The molecular formula is C19H21N3O3. The predicted octanol–water partition coefficient (Wildman–Crippen LogP) is 1.26. The Balaban J connectivity index is 1.19. The van der Waals surface area contributed by atoms with Crippen LogP contribution < -0.4 is 14.8 Å². The predicted molar refractivity (Wildman–Crippen MR) is 92.7 cm³/mol. The van der Waals surface area contributed by atoms with Crippen molar-refractivity contribution < 1.29 is 14.3 Å². The first-order valence-electron chi connectivity index (χ1n) is 8.60. The number of fused-ring (bicyclic) bond motifs is 1. The minimum absolute atomic E-state index is 0.0273. The molecule has 0 saturated carbocycles. The molecule has 1 amide bonds. The molecule has 130 valence electrons. The average molecular weight is 339 g/mol. The molecule has 1 aromatic carbocycles. The minimum atomic E-state index is -0.153. The Bertz CT molecular complexity index is 738. The lowest BCUT2D eigenvalue weighted by Gasteiger charge is -2.26. The summed E-state index contributed by atoms with van der Waals surface area (Å²) >= 11 is 0. The summed E-state index contributed by atoms with van der Waals surface area (Å²) in [5.41, 5.74) is 1.06. The van der Waals surface area contributed by atoms with Crippen molar-refractivity contribution in [3.8, 4) is 11.5 Å². The Morgan fingerprint density at radius 3 is 2.88 bits per heavy atom. The van der Waals surface area contributed by atoms with E-state index in [2.05, 4.69) is 15.2 Å². The van der Waals surface area contributed by atoms with Gasteiger partial charge in [-0.3, -0.25) is 14.7 Å². The van der Waals surface area contributed by atoms with E-state index in [4.69, 9.17) is 9.47 Å². The third-order valence-electron chi connectivity index (χ3n) is 4.47. The zero-order valence-corrected chi connectivity index (χ0v) is 13.9. The van der Waals surface area contributed by atoms with Crippen LogP contribution in [0.2, 0.25) is 0 Å². The van der Waals surface area contributed by atoms with Gasteiger partial charge in [-0.25, -0.2) is 0 Å². The number of aromatic nitrogens is 1. The molecule has 1 saturated heterocycles. The van der Waals surface area contributed by atoms with Crippen molar-refractivity contribution in [2.24, 2.45) is 0 Å². The number of pyridine rings is 1. The Morgan fingerprint density at radius 2 is 2.04 bits per heavy atom. The Labute approximate surface area is 146 Å². The van der Waals surface area contributed by atoms with Crippen LogP contribution in [0, 0.1) is 0 Å². The molecule has 25 heavy (non-hydrogen) atoms. The van der Waals surface area contributed by atoms with Gasteiger partial charge in [-0.05, 0) is 24.3 Å². The highest BCUT2D eigenvalue weighted by molar-refractivity contribution is 5.84. The van der Waals surface area contributed by atoms with Gasteiger partial charge in [-0.2, -0.15) is 0 Å². The van der Waals surface area contributed by atoms with Gasteiger partial charge in [0.25, 0.3) is 0 Å². The van der Waals surface area contributed by atoms with Gasteiger partial charge in [0.2, 0.25) is 5.91 Å². The maximum Gasteiger partial charge on any atom is 0.238 e. The summed E-state index contributed by atoms with van der Waals surface area (Å²) in [5, 5.41) is 2.97. The van der Waals surface area contributed by atoms with Gasteiger partial charge in [0.15, 0.2) is 11.5 Å². The van der Waals surface area contributed by atoms with Crippen LogP contribution in [0.5, 0.6) is 11.5 Å². The summed E-state index contributed by atoms with van der Waals surface area (Å²) in [7, 11) is 0. The third-order valence-corrected chi connectivity index (χ3v) is 4.47. The van der Waals surface area contributed by atoms with Crippen molar-refractivity contribution in [1.29, 1.82) is 0 Å². The molecule has 1 fully saturated rings. The molecule has 1 aromatic heterocycles. The minimum Gasteiger partial charge on any atom is -0.486 e. The van der Waals surface area contributed by atoms with E-state index in [1.807, 2.05) is 42.5 Å². The number of amides is 1. The van der Waals surface area contributed by atoms with E-state index in [1.54, 1.807) is 6.20 Å². The first-order chi connectivity index (χ1) is 12.3. The van der Waals surface area contributed by atoms with Gasteiger partial charge >= 0.3 is 0 Å². The number of nitrogens with zero attached hydrogens (tertiary/aromatic N) is 2. The van der Waals surface area contributed by atoms with Crippen LogP contribution in [0.1, 0.15) is 5.69 Å². The molecule has 0 spiro atoms. The molecule has 0 radical (unpaired) electrons. The van der Waals surface area contributed by atoms with Crippen LogP contribution in [0.4, 0.5) is 0 Å². The molecule has 3 heterocycles. The van der Waals surface area contributed by atoms with Gasteiger partial charge in [-0.15, -0.1) is 0 Å². The van der Waals surface area contributed by atoms with Crippen LogP contribution in [-0.2, 0) is 11.2 Å². The molecule has 0 bridgehead atoms. The second kappa shape index (κ2) is 7.11. The van der Waals surface area contributed by atoms with Crippen LogP contribution in [0.15, 0.2) is 48.7 Å². The largest absolute Gasteiger partial charge is 0.486 e. The quantitative estimate of drug-likeness (QED) is 0.803. The van der Waals surface area contributed by atoms with Gasteiger partial charge in [0, 0.05) is 31.4 Å². The standard InChI is InChI=1S/C19H21N3O3/c23-19(16-12-22(16)10-8-14-5-3-4-9-20-14)21-11-15-13-24-17-6-1-2-7-18(17)25-15/h1-7,9,15-16H,8,10-13H2,(H,21,23). The first-order valence-corrected chi connectivity index (χ1v) is 8.60. The highest BCUT2D eigenvalue weighted by Gasteiger charge is 2.40. The van der Waals surface area contributed by atoms with Gasteiger partial charge in [-0.1, -0.05) is 18.2 Å². The van der Waals surface area contributed by atoms with Crippen molar-refractivity contribution >= 4 is 5.91 Å². The topological polar surface area (TPSA) is 63.5 Å². The molecule has 6 nitrogen and oxygen atoms in total. The Hall–Kier alpha value is -2.60. The maximum absolute atomic E-state index is 12.3. The number of nitrogens with one attached hydrogen (secondary N) is 1. The van der Waals surface area contributed by atoms with Crippen LogP contribution in [0.25, 0.3) is 0 Å². The SMILES string of the molecule is O=C(NCC1COc2ccccc2O1)C1CN1CCc1ccccn1. The van der Waals surface area contributed by atoms with Crippen molar-refractivity contribution in [3.63, 3.8) is 0 Å². The van der Waals surface area contributed by atoms with E-state index in [0.717, 1.165) is 36.7 Å². The van der Waals surface area contributed by atoms with E-state index in [9.17, 15) is 4.79 Å². The van der Waals surface area contributed by atoms with Crippen molar-refractivity contribution in [3.05, 3.63) is 54.4 Å². The summed E-state index contributed by atoms with van der Waals surface area (Å²) in [6.45, 7) is 2.57. The van der Waals surface area contributed by atoms with Crippen molar-refractivity contribution in [2.75, 3.05) is 26.2 Å². The fourth-order valence-electron chi connectivity index (χ4n) is 2.97. The molecular weight excluding hydrogens is 318 g/mol. The lowest BCUT2D eigenvalue weighted by Crippen LogP contribution is -2.42. The monoisotopic (exact) mass is 339 g/mol. The summed E-state index contributed by atoms with van der Waals surface area (Å²) < 4.78 is 11.5. The van der Waals surface area contributed by atoms with Crippen LogP contribution >= 0.6 is 0 Å². The zero-order chi connectivity index (χ0) is 17.1. The molecule has 3 atom stereocenters. The second-order valence-electron chi connectivity index (χ2n) is 6.32. The molecule has 3 unspecified atom stereocenters. The number of carbonyl (C=O) groups is 1. The number of rotatable bonds is 6. The Kier molecular flexibility index (Phi) is 4.52. The Morgan fingerprint density at radius 1 is 1.20 bits per heavy atom. The van der Waals surface area contributed by atoms with Gasteiger partial charge < -0.3 is 14.8 Å². The molecule has 0 aliphatic carbocycles.